The number of likely N-dealkylation sites (tertiary alicyclic amines) is 1. The minimum absolute atomic E-state index is 0.0151. The van der Waals surface area contributed by atoms with Crippen LogP contribution >= 0.6 is 0 Å². The average molecular weight is 526 g/mol. The molecule has 3 N–H and O–H groups in total. The molecule has 2 aliphatic carbocycles. The Balaban J connectivity index is 1.53. The van der Waals surface area contributed by atoms with E-state index in [1.807, 2.05) is 25.2 Å². The molecule has 0 aromatic carbocycles. The van der Waals surface area contributed by atoms with E-state index in [1.54, 1.807) is 0 Å². The molecule has 4 rings (SSSR count). The van der Waals surface area contributed by atoms with Gasteiger partial charge in [0.1, 0.15) is 18.1 Å². The molecule has 0 spiro atoms. The van der Waals surface area contributed by atoms with Gasteiger partial charge in [-0.15, -0.1) is 0 Å². The lowest BCUT2D eigenvalue weighted by atomic mass is 9.83. The first-order valence-corrected chi connectivity index (χ1v) is 13.0. The van der Waals surface area contributed by atoms with Crippen LogP contribution in [0.5, 0.6) is 0 Å². The summed E-state index contributed by atoms with van der Waals surface area (Å²) in [6, 6.07) is -1.27. The number of piperidine rings is 1. The molecule has 4 aliphatic rings. The first-order chi connectivity index (χ1) is 17.4. The van der Waals surface area contributed by atoms with Crippen molar-refractivity contribution in [2.24, 2.45) is 29.1 Å². The Bertz CT molecular complexity index is 988. The maximum Gasteiger partial charge on any atom is 0.471 e. The third kappa shape index (κ3) is 5.41. The molecule has 2 heterocycles. The van der Waals surface area contributed by atoms with Crippen LogP contribution in [0.2, 0.25) is 0 Å². The minimum Gasteiger partial charge on any atom is -0.356 e. The smallest absolute Gasteiger partial charge is 0.356 e. The number of nitriles is 1. The van der Waals surface area contributed by atoms with E-state index in [2.05, 4.69) is 10.6 Å². The number of nitrogens with one attached hydrogen (secondary N) is 3. The van der Waals surface area contributed by atoms with Gasteiger partial charge in [0.2, 0.25) is 17.7 Å². The van der Waals surface area contributed by atoms with Gasteiger partial charge in [0.25, 0.3) is 0 Å². The van der Waals surface area contributed by atoms with Crippen LogP contribution in [0.25, 0.3) is 0 Å². The van der Waals surface area contributed by atoms with Gasteiger partial charge in [0.05, 0.1) is 6.07 Å². The van der Waals surface area contributed by atoms with Gasteiger partial charge in [-0.2, -0.15) is 18.4 Å². The van der Waals surface area contributed by atoms with Crippen molar-refractivity contribution in [1.29, 1.82) is 5.26 Å². The quantitative estimate of drug-likeness (QED) is 0.465. The Morgan fingerprint density at radius 3 is 2.41 bits per heavy atom. The van der Waals surface area contributed by atoms with Crippen molar-refractivity contribution in [3.8, 4) is 6.07 Å². The van der Waals surface area contributed by atoms with Gasteiger partial charge < -0.3 is 20.9 Å². The summed E-state index contributed by atoms with van der Waals surface area (Å²) in [6.07, 6.45) is -1.01. The van der Waals surface area contributed by atoms with Crippen molar-refractivity contribution in [2.75, 3.05) is 13.1 Å². The molecule has 0 bridgehead atoms. The number of fused-ring (bicyclic) bond motifs is 1. The van der Waals surface area contributed by atoms with Crippen LogP contribution in [0.15, 0.2) is 0 Å². The van der Waals surface area contributed by atoms with E-state index in [0.29, 0.717) is 25.8 Å². The molecular weight excluding hydrogens is 491 g/mol. The summed E-state index contributed by atoms with van der Waals surface area (Å²) in [7, 11) is 0. The summed E-state index contributed by atoms with van der Waals surface area (Å²) in [5.41, 5.74) is -0.248. The lowest BCUT2D eigenvalue weighted by Crippen LogP contribution is -2.59. The first kappa shape index (κ1) is 27.2. The highest BCUT2D eigenvalue weighted by atomic mass is 19.4. The van der Waals surface area contributed by atoms with E-state index >= 15 is 0 Å². The van der Waals surface area contributed by atoms with E-state index in [9.17, 15) is 37.6 Å². The van der Waals surface area contributed by atoms with Crippen LogP contribution in [0.1, 0.15) is 58.8 Å². The second-order valence-corrected chi connectivity index (χ2v) is 11.4. The van der Waals surface area contributed by atoms with Gasteiger partial charge in [0.15, 0.2) is 0 Å². The first-order valence-electron chi connectivity index (χ1n) is 13.0. The van der Waals surface area contributed by atoms with E-state index < -0.39 is 53.9 Å². The summed E-state index contributed by atoms with van der Waals surface area (Å²) < 4.78 is 39.3. The molecule has 2 saturated carbocycles. The highest BCUT2D eigenvalue weighted by Gasteiger charge is 2.69. The molecule has 9 nitrogen and oxygen atoms in total. The zero-order valence-corrected chi connectivity index (χ0v) is 21.1. The number of carbonyl (C=O) groups excluding carboxylic acids is 4. The van der Waals surface area contributed by atoms with Crippen molar-refractivity contribution in [2.45, 2.75) is 83.1 Å². The zero-order chi connectivity index (χ0) is 27.1. The predicted molar refractivity (Wildman–Crippen MR) is 124 cm³/mol. The molecule has 0 radical (unpaired) electrons. The van der Waals surface area contributed by atoms with Gasteiger partial charge in [-0.25, -0.2) is 0 Å². The van der Waals surface area contributed by atoms with Crippen molar-refractivity contribution in [1.82, 2.24) is 20.9 Å². The molecule has 37 heavy (non-hydrogen) atoms. The molecular formula is C25H34F3N5O4. The van der Waals surface area contributed by atoms with E-state index in [0.717, 1.165) is 19.3 Å². The number of halogens is 3. The summed E-state index contributed by atoms with van der Waals surface area (Å²) in [5, 5.41) is 16.9. The summed E-state index contributed by atoms with van der Waals surface area (Å²) in [5.74, 6) is -4.65. The van der Waals surface area contributed by atoms with Crippen molar-refractivity contribution in [3.63, 3.8) is 0 Å². The highest BCUT2D eigenvalue weighted by molar-refractivity contribution is 5.94. The number of hydrogen-bond acceptors (Lipinski definition) is 5. The Morgan fingerprint density at radius 2 is 1.84 bits per heavy atom. The molecule has 0 aromatic heterocycles. The largest absolute Gasteiger partial charge is 0.471 e. The van der Waals surface area contributed by atoms with Crippen LogP contribution in [-0.4, -0.2) is 65.9 Å². The third-order valence-electron chi connectivity index (χ3n) is 8.85. The fourth-order valence-electron chi connectivity index (χ4n) is 6.62. The summed E-state index contributed by atoms with van der Waals surface area (Å²) >= 11 is 0. The molecule has 4 amide bonds. The van der Waals surface area contributed by atoms with E-state index in [4.69, 9.17) is 0 Å². The monoisotopic (exact) mass is 525 g/mol. The molecule has 6 atom stereocenters. The van der Waals surface area contributed by atoms with E-state index in [-0.39, 0.29) is 36.1 Å². The number of hydrogen-bond donors (Lipinski definition) is 3. The Kier molecular flexibility index (Phi) is 7.45. The highest BCUT2D eigenvalue weighted by Crippen LogP contribution is 2.65. The normalized spacial score (nSPS) is 30.5. The van der Waals surface area contributed by atoms with Crippen molar-refractivity contribution in [3.05, 3.63) is 0 Å². The maximum atomic E-state index is 13.7. The molecule has 0 aromatic rings. The molecule has 2 saturated heterocycles. The van der Waals surface area contributed by atoms with Gasteiger partial charge in [-0.3, -0.25) is 19.2 Å². The third-order valence-corrected chi connectivity index (χ3v) is 8.85. The molecule has 2 aliphatic heterocycles. The molecule has 12 heteroatoms. The molecule has 2 unspecified atom stereocenters. The second kappa shape index (κ2) is 10.1. The number of carbonyl (C=O) groups is 4. The number of rotatable bonds is 7. The Morgan fingerprint density at radius 1 is 1.16 bits per heavy atom. The summed E-state index contributed by atoms with van der Waals surface area (Å²) in [4.78, 5) is 52.3. The van der Waals surface area contributed by atoms with Gasteiger partial charge in [0, 0.05) is 19.0 Å². The van der Waals surface area contributed by atoms with Crippen molar-refractivity contribution < 1.29 is 32.3 Å². The standard InChI is InChI=1S/C25H34F3N5O4/c1-24(2)16-12-33(22(36)18(13-6-4-3-5-7-13)32-23(37)25(26,27)28)19(17(16)24)21(35)31-15(11-29)10-14-8-9-30-20(14)34/h13-19H,3-10,12H2,1-2H3,(H,30,34)(H,31,35)(H,32,37)/t14?,15-,16-,17-,18?,19-/m0/s1. The van der Waals surface area contributed by atoms with Crippen LogP contribution < -0.4 is 16.0 Å². The average Bonchev–Trinajstić information content (AvgIpc) is 3.20. The predicted octanol–water partition coefficient (Wildman–Crippen LogP) is 1.63. The fraction of sp³-hybridized carbons (Fsp3) is 0.800. The number of amides is 4. The fourth-order valence-corrected chi connectivity index (χ4v) is 6.62. The van der Waals surface area contributed by atoms with Crippen molar-refractivity contribution >= 4 is 23.6 Å². The number of alkyl halides is 3. The summed E-state index contributed by atoms with van der Waals surface area (Å²) in [6.45, 7) is 4.64. The van der Waals surface area contributed by atoms with Crippen LogP contribution in [0.3, 0.4) is 0 Å². The van der Waals surface area contributed by atoms with Gasteiger partial charge >= 0.3 is 12.1 Å². The number of nitrogens with zero attached hydrogens (tertiary/aromatic N) is 2. The Labute approximate surface area is 213 Å². The van der Waals surface area contributed by atoms with Gasteiger partial charge in [-0.05, 0) is 48.9 Å². The van der Waals surface area contributed by atoms with E-state index in [1.165, 1.54) is 4.90 Å². The minimum atomic E-state index is -5.13. The van der Waals surface area contributed by atoms with Gasteiger partial charge in [-0.1, -0.05) is 33.1 Å². The maximum absolute atomic E-state index is 13.7. The zero-order valence-electron chi connectivity index (χ0n) is 21.1. The molecule has 4 fully saturated rings. The van der Waals surface area contributed by atoms with Crippen LogP contribution in [-0.2, 0) is 19.2 Å². The second-order valence-electron chi connectivity index (χ2n) is 11.4. The lowest BCUT2D eigenvalue weighted by Gasteiger charge is -2.37. The van der Waals surface area contributed by atoms with Crippen LogP contribution in [0.4, 0.5) is 13.2 Å². The SMILES string of the molecule is CC1(C)[C@@H]2[C@@H](C(=O)N[C@H](C#N)CC3CCNC3=O)N(C(=O)C(NC(=O)C(F)(F)F)C3CCCCC3)C[C@@H]21. The molecule has 204 valence electrons. The Hall–Kier alpha value is -2.84. The van der Waals surface area contributed by atoms with Crippen LogP contribution in [0, 0.1) is 40.4 Å². The lowest BCUT2D eigenvalue weighted by molar-refractivity contribution is -0.176. The topological polar surface area (TPSA) is 131 Å².